The second-order valence-electron chi connectivity index (χ2n) is 25.1. The number of nitrogens with zero attached hydrogens (tertiary/aromatic N) is 4. The van der Waals surface area contributed by atoms with Crippen molar-refractivity contribution in [3.05, 3.63) is 77.9 Å². The van der Waals surface area contributed by atoms with E-state index in [4.69, 9.17) is 14.3 Å². The molecule has 24 heteroatoms. The average molecular weight is 1260 g/mol. The van der Waals surface area contributed by atoms with Crippen LogP contribution in [0.15, 0.2) is 66.7 Å². The van der Waals surface area contributed by atoms with Crippen LogP contribution in [0.5, 0.6) is 0 Å². The van der Waals surface area contributed by atoms with Crippen molar-refractivity contribution in [3.63, 3.8) is 0 Å². The highest BCUT2D eigenvalue weighted by atomic mass is 16.7. The third-order valence-electron chi connectivity index (χ3n) is 17.3. The monoisotopic (exact) mass is 1260 g/mol. The summed E-state index contributed by atoms with van der Waals surface area (Å²) in [5.74, 6) is -6.53. The van der Waals surface area contributed by atoms with Crippen molar-refractivity contribution in [3.8, 4) is 0 Å². The number of benzene rings is 2. The lowest BCUT2D eigenvalue weighted by molar-refractivity contribution is -0.148. The molecule has 2 fully saturated rings. The maximum Gasteiger partial charge on any atom is 0.306 e. The molecule has 0 aliphatic carbocycles. The number of hydroxylamine groups is 1. The lowest BCUT2D eigenvalue weighted by atomic mass is 9.89. The molecule has 11 atom stereocenters. The van der Waals surface area contributed by atoms with E-state index in [1.54, 1.807) is 92.7 Å². The summed E-state index contributed by atoms with van der Waals surface area (Å²) in [7, 11) is 8.24. The number of carboxylic acids is 1. The van der Waals surface area contributed by atoms with E-state index in [0.29, 0.717) is 68.6 Å². The second kappa shape index (κ2) is 36.5. The molecule has 0 bridgehead atoms. The number of ether oxygens (including phenoxy) is 2. The number of likely N-dealkylation sites (tertiary alicyclic amines) is 2. The third kappa shape index (κ3) is 22.0. The number of piperidine rings is 1. The van der Waals surface area contributed by atoms with Gasteiger partial charge in [-0.15, -0.1) is 0 Å². The predicted octanol–water partition coefficient (Wildman–Crippen LogP) is 4.61. The second-order valence-corrected chi connectivity index (χ2v) is 25.1. The molecule has 7 N–H and O–H groups in total. The van der Waals surface area contributed by atoms with E-state index >= 15 is 0 Å². The summed E-state index contributed by atoms with van der Waals surface area (Å²) in [4.78, 5) is 147. The molecule has 2 saturated heterocycles. The number of nitrogens with one attached hydrogen (secondary N) is 6. The quantitative estimate of drug-likeness (QED) is 0.0366. The number of carbonyl (C=O) groups is 10. The molecule has 24 nitrogen and oxygen atoms in total. The molecule has 500 valence electrons. The number of hydrogen-bond donors (Lipinski definition) is 7. The first-order chi connectivity index (χ1) is 42.5. The predicted molar refractivity (Wildman–Crippen MR) is 340 cm³/mol. The molecule has 90 heavy (non-hydrogen) atoms. The van der Waals surface area contributed by atoms with E-state index in [0.717, 1.165) is 5.56 Å². The number of methoxy groups -OCH3 is 2. The molecular formula is C66H102N10O14. The molecule has 9 amide bonds. The van der Waals surface area contributed by atoms with Crippen LogP contribution in [0.2, 0.25) is 0 Å². The van der Waals surface area contributed by atoms with Crippen molar-refractivity contribution in [2.45, 2.75) is 188 Å². The van der Waals surface area contributed by atoms with Crippen LogP contribution in [-0.2, 0) is 75.3 Å². The number of hydrogen-bond acceptors (Lipinski definition) is 14. The molecule has 0 aromatic heterocycles. The van der Waals surface area contributed by atoms with Gasteiger partial charge in [-0.25, -0.2) is 5.48 Å². The molecule has 4 rings (SSSR count). The molecule has 0 spiro atoms. The molecule has 0 saturated carbocycles. The van der Waals surface area contributed by atoms with Crippen molar-refractivity contribution < 1.29 is 67.4 Å². The van der Waals surface area contributed by atoms with Gasteiger partial charge in [0, 0.05) is 65.9 Å². The number of aliphatic carboxylic acids is 1. The summed E-state index contributed by atoms with van der Waals surface area (Å²) < 4.78 is 12.1. The highest BCUT2D eigenvalue weighted by molar-refractivity contribution is 5.98. The van der Waals surface area contributed by atoms with Crippen LogP contribution < -0.4 is 32.1 Å². The molecule has 0 unspecified atom stereocenters. The molecule has 2 aromatic rings. The van der Waals surface area contributed by atoms with E-state index < -0.39 is 102 Å². The van der Waals surface area contributed by atoms with Crippen LogP contribution in [0, 0.1) is 29.6 Å². The first kappa shape index (κ1) is 75.2. The Morgan fingerprint density at radius 3 is 1.89 bits per heavy atom. The van der Waals surface area contributed by atoms with Crippen LogP contribution in [-0.4, -0.2) is 193 Å². The smallest absolute Gasteiger partial charge is 0.306 e. The number of rotatable bonds is 35. The molecule has 2 aliphatic heterocycles. The summed E-state index contributed by atoms with van der Waals surface area (Å²) in [5, 5.41) is 23.3. The van der Waals surface area contributed by atoms with E-state index in [1.165, 1.54) is 21.1 Å². The van der Waals surface area contributed by atoms with Gasteiger partial charge in [0.25, 0.3) is 5.91 Å². The Hall–Kier alpha value is -7.28. The average Bonchev–Trinajstić information content (AvgIpc) is 1.69. The van der Waals surface area contributed by atoms with Crippen LogP contribution in [0.25, 0.3) is 0 Å². The Labute approximate surface area is 532 Å². The van der Waals surface area contributed by atoms with Crippen molar-refractivity contribution in [1.82, 2.24) is 46.3 Å². The largest absolute Gasteiger partial charge is 0.481 e. The van der Waals surface area contributed by atoms with Crippen LogP contribution in [0.1, 0.15) is 131 Å². The van der Waals surface area contributed by atoms with Crippen molar-refractivity contribution in [2.24, 2.45) is 29.6 Å². The Balaban J connectivity index is 1.34. The van der Waals surface area contributed by atoms with Crippen molar-refractivity contribution in [2.75, 3.05) is 60.3 Å². The summed E-state index contributed by atoms with van der Waals surface area (Å²) in [5.41, 5.74) is 4.92. The topological polar surface area (TPSA) is 304 Å². The van der Waals surface area contributed by atoms with Crippen LogP contribution in [0.4, 0.5) is 5.69 Å². The minimum Gasteiger partial charge on any atom is -0.481 e. The zero-order valence-corrected chi connectivity index (χ0v) is 55.4. The van der Waals surface area contributed by atoms with E-state index in [-0.39, 0.29) is 80.1 Å². The standard InChI is InChI=1S/C66H102N10O14/c1-16-42(8)58(74(13)65(85)56(40(4)5)71-64(84)57(41(6)7)73(11)12)51(88-14)37-54(79)76-33-21-24-50(76)59(89-15)43(9)60(80)69-49(36-45-22-18-17-19-23-45)62(82)72-90-38-46-27-29-48(30-28-46)68-61(81)44(10)67-63(83)55(39(2)3)70-52(77)25-20-26-53(78)75-34-31-47(32-35-75)66(86)87/h17-19,22-23,27-30,39-40,42-44,47,49-51,55-59H,6,16,20-21,24-26,31-38H2,1-5,7-15H3,(H,67,83)(H,68,81)(H,69,80)(H,70,77)(H,71,84)(H,72,82)(H,86,87)/t42-,43+,44+,49-,50-,51+,55+,56-,57-,58-,59+/m0/s1. The minimum atomic E-state index is -1.09. The molecule has 2 aromatic carbocycles. The normalized spacial score (nSPS) is 17.8. The Kier molecular flexibility index (Phi) is 30.5. The number of likely N-dealkylation sites (N-methyl/N-ethyl adjacent to an activating group) is 2. The Morgan fingerprint density at radius 2 is 1.33 bits per heavy atom. The maximum absolute atomic E-state index is 14.6. The van der Waals surface area contributed by atoms with Gasteiger partial charge in [0.05, 0.1) is 49.2 Å². The lowest BCUT2D eigenvalue weighted by Gasteiger charge is -2.41. The van der Waals surface area contributed by atoms with Gasteiger partial charge in [0.15, 0.2) is 0 Å². The highest BCUT2D eigenvalue weighted by Gasteiger charge is 2.44. The zero-order chi connectivity index (χ0) is 67.1. The van der Waals surface area contributed by atoms with Gasteiger partial charge in [-0.2, -0.15) is 0 Å². The SMILES string of the molecule is C=C(C)[C@@H](C(=O)N[C@H](C(=O)N(C)[C@@H]([C@@H](C)CC)[C@@H](CC(=O)N1CCC[C@H]1[C@H](OC)[C@@H](C)C(=O)N[C@@H](Cc1ccccc1)C(=O)NOCc1ccc(NC(=O)[C@@H](C)NC(=O)[C@H](NC(=O)CCCC(=O)N2CCC(C(=O)O)CC2)C(C)C)cc1)OC)C(C)C)N(C)C. The van der Waals surface area contributed by atoms with Gasteiger partial charge in [-0.1, -0.05) is 110 Å². The van der Waals surface area contributed by atoms with Gasteiger partial charge in [0.1, 0.15) is 30.2 Å². The lowest BCUT2D eigenvalue weighted by Crippen LogP contribution is -2.59. The number of anilines is 1. The fourth-order valence-electron chi connectivity index (χ4n) is 11.8. The number of amides is 9. The summed E-state index contributed by atoms with van der Waals surface area (Å²) in [6.07, 6.45) is 1.53. The first-order valence-corrected chi connectivity index (χ1v) is 31.5. The molecule has 0 radical (unpaired) electrons. The number of carboxylic acid groups (broad SMARTS) is 1. The summed E-state index contributed by atoms with van der Waals surface area (Å²) in [6.45, 7) is 21.2. The van der Waals surface area contributed by atoms with Crippen molar-refractivity contribution in [1.29, 1.82) is 0 Å². The maximum atomic E-state index is 14.6. The van der Waals surface area contributed by atoms with Gasteiger partial charge < -0.3 is 55.9 Å². The summed E-state index contributed by atoms with van der Waals surface area (Å²) >= 11 is 0. The Morgan fingerprint density at radius 1 is 0.700 bits per heavy atom. The molecular weight excluding hydrogens is 1160 g/mol. The fraction of sp³-hybridized carbons (Fsp3) is 0.636. The fourth-order valence-corrected chi connectivity index (χ4v) is 11.8. The summed E-state index contributed by atoms with van der Waals surface area (Å²) in [6, 6.07) is 10.1. The van der Waals surface area contributed by atoms with Gasteiger partial charge in [-0.3, -0.25) is 57.7 Å². The van der Waals surface area contributed by atoms with E-state index in [9.17, 15) is 53.1 Å². The minimum absolute atomic E-state index is 0.00173. The van der Waals surface area contributed by atoms with E-state index in [2.05, 4.69) is 38.6 Å². The van der Waals surface area contributed by atoms with Gasteiger partial charge >= 0.3 is 5.97 Å². The first-order valence-electron chi connectivity index (χ1n) is 31.5. The third-order valence-corrected chi connectivity index (χ3v) is 17.3. The number of carbonyl (C=O) groups excluding carboxylic acids is 9. The Bertz CT molecular complexity index is 2740. The van der Waals surface area contributed by atoms with Crippen molar-refractivity contribution >= 4 is 64.8 Å². The highest BCUT2D eigenvalue weighted by Crippen LogP contribution is 2.30. The van der Waals surface area contributed by atoms with Gasteiger partial charge in [-0.05, 0) is 101 Å². The molecule has 2 aliphatic rings. The van der Waals surface area contributed by atoms with Crippen LogP contribution >= 0.6 is 0 Å². The van der Waals surface area contributed by atoms with Gasteiger partial charge in [0.2, 0.25) is 47.3 Å². The zero-order valence-electron chi connectivity index (χ0n) is 55.4. The van der Waals surface area contributed by atoms with E-state index in [1.807, 2.05) is 58.0 Å². The molecule has 2 heterocycles. The van der Waals surface area contributed by atoms with Crippen LogP contribution in [0.3, 0.4) is 0 Å².